The summed E-state index contributed by atoms with van der Waals surface area (Å²) < 4.78 is 7.19. The van der Waals surface area contributed by atoms with Crippen LogP contribution in [0.1, 0.15) is 13.8 Å². The summed E-state index contributed by atoms with van der Waals surface area (Å²) in [7, 11) is 0. The predicted molar refractivity (Wildman–Crippen MR) is 50.8 cm³/mol. The van der Waals surface area contributed by atoms with Gasteiger partial charge in [-0.2, -0.15) is 0 Å². The number of alkyl halides is 2. The third kappa shape index (κ3) is 3.52. The third-order valence-corrected chi connectivity index (χ3v) is 2.02. The van der Waals surface area contributed by atoms with Gasteiger partial charge in [-0.15, -0.1) is 0 Å². The molecule has 0 bridgehead atoms. The molecule has 0 aliphatic carbocycles. The van der Waals surface area contributed by atoms with Gasteiger partial charge in [0.05, 0.1) is 13.2 Å². The molecule has 4 nitrogen and oxygen atoms in total. The topological polar surface area (TPSA) is 52.6 Å². The van der Waals surface area contributed by atoms with Crippen LogP contribution < -0.4 is 0 Å². The first-order chi connectivity index (χ1) is 5.96. The Hall–Kier alpha value is -0.290. The first-order valence-corrected chi connectivity index (χ1v) is 4.86. The Morgan fingerprint density at radius 1 is 1.23 bits per heavy atom. The fourth-order valence-corrected chi connectivity index (χ4v) is 0.865. The van der Waals surface area contributed by atoms with E-state index in [1.54, 1.807) is 13.8 Å². The minimum atomic E-state index is -1.92. The molecule has 0 radical (unpaired) electrons. The molecule has 0 aromatic rings. The highest BCUT2D eigenvalue weighted by Crippen LogP contribution is 2.27. The molecule has 0 aromatic carbocycles. The minimum Gasteiger partial charge on any atom is -0.464 e. The molecule has 0 aromatic heterocycles. The Balaban J connectivity index is 4.36. The summed E-state index contributed by atoms with van der Waals surface area (Å²) in [6.07, 6.45) is 0. The van der Waals surface area contributed by atoms with E-state index in [-0.39, 0.29) is 13.2 Å². The minimum absolute atomic E-state index is 0.151. The van der Waals surface area contributed by atoms with Crippen molar-refractivity contribution in [1.82, 2.24) is 0 Å². The standard InChI is InChI=1S/C7H10BrClO4/c1-3-12-5(10)7(8,9)6(11)13-4-2/h3-4H2,1-2H3. The highest BCUT2D eigenvalue weighted by Gasteiger charge is 2.44. The molecule has 0 heterocycles. The van der Waals surface area contributed by atoms with Crippen molar-refractivity contribution in [2.24, 2.45) is 0 Å². The molecule has 0 N–H and O–H groups in total. The molecule has 0 saturated carbocycles. The molecule has 76 valence electrons. The van der Waals surface area contributed by atoms with Crippen LogP contribution in [0.15, 0.2) is 0 Å². The van der Waals surface area contributed by atoms with Crippen LogP contribution in [0, 0.1) is 0 Å². The molecule has 0 aliphatic heterocycles. The largest absolute Gasteiger partial charge is 0.464 e. The van der Waals surface area contributed by atoms with Crippen LogP contribution in [0.3, 0.4) is 0 Å². The number of rotatable bonds is 4. The molecular weight excluding hydrogens is 263 g/mol. The molecule has 0 aliphatic rings. The van der Waals surface area contributed by atoms with Gasteiger partial charge < -0.3 is 9.47 Å². The van der Waals surface area contributed by atoms with Crippen molar-refractivity contribution in [3.8, 4) is 0 Å². The molecule has 0 unspecified atom stereocenters. The average molecular weight is 274 g/mol. The smallest absolute Gasteiger partial charge is 0.350 e. The van der Waals surface area contributed by atoms with E-state index in [0.29, 0.717) is 0 Å². The second-order valence-electron chi connectivity index (χ2n) is 2.02. The van der Waals surface area contributed by atoms with E-state index in [0.717, 1.165) is 0 Å². The van der Waals surface area contributed by atoms with Gasteiger partial charge in [-0.3, -0.25) is 0 Å². The van der Waals surface area contributed by atoms with Crippen LogP contribution in [0.5, 0.6) is 0 Å². The van der Waals surface area contributed by atoms with Gasteiger partial charge in [-0.25, -0.2) is 9.59 Å². The summed E-state index contributed by atoms with van der Waals surface area (Å²) in [5.74, 6) is -1.73. The SMILES string of the molecule is CCOC(=O)C(Cl)(Br)C(=O)OCC. The number of hydrogen-bond donors (Lipinski definition) is 0. The van der Waals surface area contributed by atoms with Crippen LogP contribution in [0.2, 0.25) is 0 Å². The van der Waals surface area contributed by atoms with E-state index in [1.165, 1.54) is 0 Å². The van der Waals surface area contributed by atoms with E-state index in [2.05, 4.69) is 25.4 Å². The number of carbonyl (C=O) groups is 2. The Bertz CT molecular complexity index is 185. The zero-order valence-corrected chi connectivity index (χ0v) is 9.65. The van der Waals surface area contributed by atoms with Crippen molar-refractivity contribution in [1.29, 1.82) is 0 Å². The Labute approximate surface area is 89.6 Å². The van der Waals surface area contributed by atoms with Crippen LogP contribution in [0.25, 0.3) is 0 Å². The fraction of sp³-hybridized carbons (Fsp3) is 0.714. The van der Waals surface area contributed by atoms with Crippen LogP contribution in [-0.2, 0) is 19.1 Å². The van der Waals surface area contributed by atoms with E-state index < -0.39 is 15.7 Å². The van der Waals surface area contributed by atoms with Gasteiger partial charge >= 0.3 is 11.9 Å². The van der Waals surface area contributed by atoms with E-state index in [1.807, 2.05) is 0 Å². The highest BCUT2D eigenvalue weighted by molar-refractivity contribution is 9.11. The van der Waals surface area contributed by atoms with Gasteiger partial charge in [-0.05, 0) is 29.8 Å². The van der Waals surface area contributed by atoms with Gasteiger partial charge in [0.2, 0.25) is 0 Å². The molecule has 0 saturated heterocycles. The average Bonchev–Trinajstić information content (AvgIpc) is 2.05. The maximum absolute atomic E-state index is 11.1. The monoisotopic (exact) mass is 272 g/mol. The van der Waals surface area contributed by atoms with Crippen molar-refractivity contribution in [2.45, 2.75) is 17.6 Å². The quantitative estimate of drug-likeness (QED) is 0.442. The summed E-state index contributed by atoms with van der Waals surface area (Å²) in [6, 6.07) is 0. The number of hydrogen-bond acceptors (Lipinski definition) is 4. The highest BCUT2D eigenvalue weighted by atomic mass is 79.9. The van der Waals surface area contributed by atoms with Gasteiger partial charge in [0.25, 0.3) is 3.78 Å². The van der Waals surface area contributed by atoms with Gasteiger partial charge in [0.15, 0.2) is 0 Å². The van der Waals surface area contributed by atoms with Crippen molar-refractivity contribution >= 4 is 39.5 Å². The summed E-state index contributed by atoms with van der Waals surface area (Å²) in [5.41, 5.74) is 0. The number of halogens is 2. The number of ether oxygens (including phenoxy) is 2. The lowest BCUT2D eigenvalue weighted by Crippen LogP contribution is -2.38. The first kappa shape index (κ1) is 12.7. The summed E-state index contributed by atoms with van der Waals surface area (Å²) in [6.45, 7) is 3.53. The van der Waals surface area contributed by atoms with Crippen LogP contribution >= 0.6 is 27.5 Å². The zero-order valence-electron chi connectivity index (χ0n) is 7.30. The Morgan fingerprint density at radius 2 is 1.54 bits per heavy atom. The molecule has 13 heavy (non-hydrogen) atoms. The lowest BCUT2D eigenvalue weighted by Gasteiger charge is -2.15. The number of esters is 2. The second-order valence-corrected chi connectivity index (χ2v) is 4.23. The molecule has 0 spiro atoms. The molecule has 0 rings (SSSR count). The summed E-state index contributed by atoms with van der Waals surface area (Å²) >= 11 is 8.29. The van der Waals surface area contributed by atoms with Crippen LogP contribution in [-0.4, -0.2) is 28.9 Å². The molecule has 0 amide bonds. The third-order valence-electron chi connectivity index (χ3n) is 1.06. The lowest BCUT2D eigenvalue weighted by molar-refractivity contribution is -0.154. The normalized spacial score (nSPS) is 10.8. The van der Waals surface area contributed by atoms with Crippen molar-refractivity contribution in [3.05, 3.63) is 0 Å². The first-order valence-electron chi connectivity index (χ1n) is 3.69. The molecule has 0 atom stereocenters. The van der Waals surface area contributed by atoms with Crippen molar-refractivity contribution < 1.29 is 19.1 Å². The zero-order chi connectivity index (χ0) is 10.5. The molecular formula is C7H10BrClO4. The second kappa shape index (κ2) is 5.44. The number of carbonyl (C=O) groups excluding carboxylic acids is 2. The van der Waals surface area contributed by atoms with Crippen molar-refractivity contribution in [2.75, 3.05) is 13.2 Å². The Morgan fingerprint density at radius 3 is 1.77 bits per heavy atom. The fourth-order valence-electron chi connectivity index (χ4n) is 0.527. The maximum atomic E-state index is 11.1. The Kier molecular flexibility index (Phi) is 5.32. The van der Waals surface area contributed by atoms with Gasteiger partial charge in [0.1, 0.15) is 0 Å². The van der Waals surface area contributed by atoms with Crippen LogP contribution in [0.4, 0.5) is 0 Å². The summed E-state index contributed by atoms with van der Waals surface area (Å²) in [4.78, 5) is 22.2. The van der Waals surface area contributed by atoms with E-state index >= 15 is 0 Å². The molecule has 6 heteroatoms. The van der Waals surface area contributed by atoms with E-state index in [4.69, 9.17) is 11.6 Å². The summed E-state index contributed by atoms with van der Waals surface area (Å²) in [5, 5.41) is 0. The predicted octanol–water partition coefficient (Wildman–Crippen LogP) is 1.44. The molecule has 0 fully saturated rings. The maximum Gasteiger partial charge on any atom is 0.350 e. The lowest BCUT2D eigenvalue weighted by atomic mass is 10.4. The van der Waals surface area contributed by atoms with Gasteiger partial charge in [-0.1, -0.05) is 11.6 Å². The van der Waals surface area contributed by atoms with Gasteiger partial charge in [0, 0.05) is 0 Å². The van der Waals surface area contributed by atoms with Crippen molar-refractivity contribution in [3.63, 3.8) is 0 Å². The van der Waals surface area contributed by atoms with E-state index in [9.17, 15) is 9.59 Å².